The van der Waals surface area contributed by atoms with Crippen molar-refractivity contribution in [3.63, 3.8) is 0 Å². The van der Waals surface area contributed by atoms with E-state index in [-0.39, 0.29) is 0 Å². The maximum absolute atomic E-state index is 9.74. The molecule has 8 nitrogen and oxygen atoms in total. The van der Waals surface area contributed by atoms with Crippen LogP contribution in [0, 0.1) is 18.3 Å². The van der Waals surface area contributed by atoms with E-state index < -0.39 is 0 Å². The third-order valence-corrected chi connectivity index (χ3v) is 5.76. The van der Waals surface area contributed by atoms with Gasteiger partial charge in [0.15, 0.2) is 0 Å². The Kier molecular flexibility index (Phi) is 5.68. The molecule has 0 spiro atoms. The molecule has 0 atom stereocenters. The second kappa shape index (κ2) is 9.09. The summed E-state index contributed by atoms with van der Waals surface area (Å²) in [5.41, 5.74) is 5.15. The highest BCUT2D eigenvalue weighted by atomic mass is 15.3. The maximum atomic E-state index is 9.74. The molecule has 1 N–H and O–H groups in total. The summed E-state index contributed by atoms with van der Waals surface area (Å²) in [6.07, 6.45) is 7.02. The predicted octanol–water partition coefficient (Wildman–Crippen LogP) is 4.64. The summed E-state index contributed by atoms with van der Waals surface area (Å²) < 4.78 is 1.73. The average Bonchev–Trinajstić information content (AvgIpc) is 3.31. The number of aryl methyl sites for hydroxylation is 1. The van der Waals surface area contributed by atoms with Gasteiger partial charge < -0.3 is 10.2 Å². The van der Waals surface area contributed by atoms with Crippen molar-refractivity contribution >= 4 is 17.3 Å². The first-order valence-electron chi connectivity index (χ1n) is 11.1. The van der Waals surface area contributed by atoms with Crippen LogP contribution in [0.3, 0.4) is 0 Å². The molecule has 33 heavy (non-hydrogen) atoms. The SMILES string of the molecule is Cc1ncn(-c2ccc(Nc3nccc(-c4ccc(N5CCCCC5)c(C#N)c4)n3)cc2)n1. The lowest BCUT2D eigenvalue weighted by atomic mass is 10.0. The number of hydrogen-bond donors (Lipinski definition) is 1. The fraction of sp³-hybridized carbons (Fsp3) is 0.240. The molecule has 3 heterocycles. The van der Waals surface area contributed by atoms with Gasteiger partial charge in [0.05, 0.1) is 22.6 Å². The van der Waals surface area contributed by atoms with E-state index in [9.17, 15) is 5.26 Å². The number of benzene rings is 2. The van der Waals surface area contributed by atoms with E-state index in [0.717, 1.165) is 47.2 Å². The highest BCUT2D eigenvalue weighted by Crippen LogP contribution is 2.29. The molecule has 2 aromatic heterocycles. The van der Waals surface area contributed by atoms with Crippen LogP contribution in [0.25, 0.3) is 16.9 Å². The molecule has 1 aliphatic rings. The van der Waals surface area contributed by atoms with Crippen molar-refractivity contribution in [1.29, 1.82) is 5.26 Å². The summed E-state index contributed by atoms with van der Waals surface area (Å²) in [7, 11) is 0. The molecule has 1 fully saturated rings. The first kappa shape index (κ1) is 20.6. The van der Waals surface area contributed by atoms with Gasteiger partial charge in [-0.05, 0) is 68.7 Å². The molecule has 2 aromatic carbocycles. The molecule has 0 saturated carbocycles. The maximum Gasteiger partial charge on any atom is 0.227 e. The van der Waals surface area contributed by atoms with Crippen molar-refractivity contribution in [2.24, 2.45) is 0 Å². The lowest BCUT2D eigenvalue weighted by Crippen LogP contribution is -2.29. The van der Waals surface area contributed by atoms with Crippen molar-refractivity contribution < 1.29 is 0 Å². The highest BCUT2D eigenvalue weighted by Gasteiger charge is 2.15. The Hall–Kier alpha value is -4.25. The Labute approximate surface area is 192 Å². The van der Waals surface area contributed by atoms with Gasteiger partial charge in [-0.15, -0.1) is 0 Å². The predicted molar refractivity (Wildman–Crippen MR) is 128 cm³/mol. The van der Waals surface area contributed by atoms with Crippen LogP contribution in [-0.2, 0) is 0 Å². The van der Waals surface area contributed by atoms with Gasteiger partial charge in [0.25, 0.3) is 0 Å². The number of aromatic nitrogens is 5. The van der Waals surface area contributed by atoms with E-state index in [1.54, 1.807) is 17.2 Å². The molecule has 4 aromatic rings. The first-order chi connectivity index (χ1) is 16.2. The van der Waals surface area contributed by atoms with E-state index in [4.69, 9.17) is 0 Å². The number of nitriles is 1. The molecule has 164 valence electrons. The molecular formula is C25H24N8. The molecule has 1 aliphatic heterocycles. The standard InChI is InChI=1S/C25H24N8/c1-18-28-17-33(31-18)22-8-6-21(7-9-22)29-25-27-12-11-23(30-25)19-5-10-24(20(15-19)16-26)32-13-3-2-4-14-32/h5-12,15,17H,2-4,13-14H2,1H3,(H,27,29,30). The van der Waals surface area contributed by atoms with Gasteiger partial charge >= 0.3 is 0 Å². The summed E-state index contributed by atoms with van der Waals surface area (Å²) in [4.78, 5) is 15.5. The van der Waals surface area contributed by atoms with Crippen LogP contribution in [-0.4, -0.2) is 37.8 Å². The number of nitrogens with zero attached hydrogens (tertiary/aromatic N) is 7. The quantitative estimate of drug-likeness (QED) is 0.487. The Morgan fingerprint density at radius 2 is 1.79 bits per heavy atom. The molecule has 5 rings (SSSR count). The monoisotopic (exact) mass is 436 g/mol. The zero-order chi connectivity index (χ0) is 22.6. The van der Waals surface area contributed by atoms with Gasteiger partial charge in [-0.25, -0.2) is 19.6 Å². The zero-order valence-corrected chi connectivity index (χ0v) is 18.4. The lowest BCUT2D eigenvalue weighted by Gasteiger charge is -2.29. The smallest absolute Gasteiger partial charge is 0.227 e. The zero-order valence-electron chi connectivity index (χ0n) is 18.4. The van der Waals surface area contributed by atoms with E-state index in [1.807, 2.05) is 55.5 Å². The van der Waals surface area contributed by atoms with Gasteiger partial charge in [-0.2, -0.15) is 10.4 Å². The molecule has 0 aliphatic carbocycles. The van der Waals surface area contributed by atoms with Gasteiger partial charge in [-0.3, -0.25) is 0 Å². The van der Waals surface area contributed by atoms with Crippen LogP contribution in [0.5, 0.6) is 0 Å². The minimum atomic E-state index is 0.496. The number of rotatable bonds is 5. The highest BCUT2D eigenvalue weighted by molar-refractivity contribution is 5.70. The van der Waals surface area contributed by atoms with Gasteiger partial charge in [0.1, 0.15) is 18.2 Å². The third kappa shape index (κ3) is 4.53. The number of piperidine rings is 1. The van der Waals surface area contributed by atoms with Gasteiger partial charge in [-0.1, -0.05) is 6.07 Å². The summed E-state index contributed by atoms with van der Waals surface area (Å²) >= 11 is 0. The number of nitrogens with one attached hydrogen (secondary N) is 1. The number of anilines is 3. The van der Waals surface area contributed by atoms with E-state index >= 15 is 0 Å². The summed E-state index contributed by atoms with van der Waals surface area (Å²) in [6.45, 7) is 3.87. The second-order valence-corrected chi connectivity index (χ2v) is 8.07. The molecule has 0 amide bonds. The minimum absolute atomic E-state index is 0.496. The topological polar surface area (TPSA) is 95.6 Å². The second-order valence-electron chi connectivity index (χ2n) is 8.07. The fourth-order valence-electron chi connectivity index (χ4n) is 4.07. The van der Waals surface area contributed by atoms with Crippen LogP contribution >= 0.6 is 0 Å². The van der Waals surface area contributed by atoms with Crippen molar-refractivity contribution in [2.45, 2.75) is 26.2 Å². The van der Waals surface area contributed by atoms with Crippen LogP contribution < -0.4 is 10.2 Å². The largest absolute Gasteiger partial charge is 0.370 e. The van der Waals surface area contributed by atoms with Crippen molar-refractivity contribution in [1.82, 2.24) is 24.7 Å². The molecular weight excluding hydrogens is 412 g/mol. The van der Waals surface area contributed by atoms with Crippen LogP contribution in [0.4, 0.5) is 17.3 Å². The normalized spacial score (nSPS) is 13.5. The lowest BCUT2D eigenvalue weighted by molar-refractivity contribution is 0.577. The fourth-order valence-corrected chi connectivity index (χ4v) is 4.07. The van der Waals surface area contributed by atoms with E-state index in [1.165, 1.54) is 19.3 Å². The van der Waals surface area contributed by atoms with Gasteiger partial charge in [0.2, 0.25) is 5.95 Å². The third-order valence-electron chi connectivity index (χ3n) is 5.76. The van der Waals surface area contributed by atoms with E-state index in [2.05, 4.69) is 36.3 Å². The van der Waals surface area contributed by atoms with Crippen molar-refractivity contribution in [2.75, 3.05) is 23.3 Å². The molecule has 0 unspecified atom stereocenters. The van der Waals surface area contributed by atoms with Crippen molar-refractivity contribution in [3.8, 4) is 23.0 Å². The summed E-state index contributed by atoms with van der Waals surface area (Å²) in [5.74, 6) is 1.22. The van der Waals surface area contributed by atoms with Crippen LogP contribution in [0.2, 0.25) is 0 Å². The van der Waals surface area contributed by atoms with E-state index in [0.29, 0.717) is 11.5 Å². The average molecular weight is 437 g/mol. The Balaban J connectivity index is 1.35. The number of hydrogen-bond acceptors (Lipinski definition) is 7. The molecule has 0 bridgehead atoms. The van der Waals surface area contributed by atoms with Crippen LogP contribution in [0.15, 0.2) is 61.1 Å². The Bertz CT molecular complexity index is 1300. The minimum Gasteiger partial charge on any atom is -0.370 e. The van der Waals surface area contributed by atoms with Crippen LogP contribution in [0.1, 0.15) is 30.7 Å². The molecule has 1 saturated heterocycles. The van der Waals surface area contributed by atoms with Crippen molar-refractivity contribution in [3.05, 3.63) is 72.4 Å². The Morgan fingerprint density at radius 1 is 0.970 bits per heavy atom. The molecule has 0 radical (unpaired) electrons. The summed E-state index contributed by atoms with van der Waals surface area (Å²) in [5, 5.41) is 17.3. The summed E-state index contributed by atoms with van der Waals surface area (Å²) in [6, 6.07) is 18.0. The Morgan fingerprint density at radius 3 is 2.52 bits per heavy atom. The van der Waals surface area contributed by atoms with Gasteiger partial charge in [0, 0.05) is 30.5 Å². The molecule has 8 heteroatoms. The first-order valence-corrected chi connectivity index (χ1v) is 11.1.